The topological polar surface area (TPSA) is 91.3 Å². The predicted molar refractivity (Wildman–Crippen MR) is 97.5 cm³/mol. The summed E-state index contributed by atoms with van der Waals surface area (Å²) in [4.78, 5) is 25.5. The number of nitrogens with one attached hydrogen (secondary N) is 1. The van der Waals surface area contributed by atoms with Crippen LogP contribution in [0.3, 0.4) is 0 Å². The number of carboxylic acid groups (broad SMARTS) is 1. The molecule has 2 aliphatic heterocycles. The summed E-state index contributed by atoms with van der Waals surface area (Å²) in [7, 11) is 0. The molecule has 0 radical (unpaired) electrons. The van der Waals surface area contributed by atoms with Gasteiger partial charge in [-0.25, -0.2) is 14.8 Å². The summed E-state index contributed by atoms with van der Waals surface area (Å²) in [5.74, 6) is 1.69. The lowest BCUT2D eigenvalue weighted by Gasteiger charge is -2.34. The molecule has 1 amide bonds. The fourth-order valence-corrected chi connectivity index (χ4v) is 4.32. The monoisotopic (exact) mass is 358 g/mol. The number of rotatable bonds is 2. The molecule has 0 unspecified atom stereocenters. The van der Waals surface area contributed by atoms with Crippen molar-refractivity contribution in [2.45, 2.75) is 57.0 Å². The summed E-state index contributed by atoms with van der Waals surface area (Å²) in [6.45, 7) is 6.16. The molecule has 2 fully saturated rings. The summed E-state index contributed by atoms with van der Waals surface area (Å²) < 4.78 is 5.83. The molecule has 140 valence electrons. The molecule has 0 aliphatic carbocycles. The second-order valence-electron chi connectivity index (χ2n) is 8.06. The van der Waals surface area contributed by atoms with Gasteiger partial charge in [-0.15, -0.1) is 0 Å². The van der Waals surface area contributed by atoms with Crippen LogP contribution >= 0.6 is 0 Å². The molecule has 0 saturated carbocycles. The second-order valence-corrected chi connectivity index (χ2v) is 8.06. The number of H-pyrrole nitrogens is 1. The van der Waals surface area contributed by atoms with Gasteiger partial charge in [-0.05, 0) is 57.1 Å². The minimum atomic E-state index is -0.826. The van der Waals surface area contributed by atoms with Crippen molar-refractivity contribution in [3.05, 3.63) is 23.7 Å². The number of piperidine rings is 1. The van der Waals surface area contributed by atoms with Crippen LogP contribution in [0.4, 0.5) is 4.79 Å². The van der Waals surface area contributed by atoms with Crippen LogP contribution in [0.5, 0.6) is 0 Å². The zero-order valence-corrected chi connectivity index (χ0v) is 15.4. The van der Waals surface area contributed by atoms with E-state index in [1.165, 1.54) is 10.5 Å². The number of ether oxygens (including phenoxy) is 1. The molecule has 7 nitrogen and oxygen atoms in total. The van der Waals surface area contributed by atoms with Crippen molar-refractivity contribution in [1.29, 1.82) is 0 Å². The third-order valence-electron chi connectivity index (χ3n) is 5.72. The summed E-state index contributed by atoms with van der Waals surface area (Å²) in [5, 5.41) is 9.15. The molecule has 2 aromatic rings. The largest absolute Gasteiger partial charge is 0.465 e. The fourth-order valence-electron chi connectivity index (χ4n) is 4.32. The van der Waals surface area contributed by atoms with Crippen LogP contribution in [0.2, 0.25) is 0 Å². The first-order valence-electron chi connectivity index (χ1n) is 9.39. The fraction of sp³-hybridized carbons (Fsp3) is 0.632. The maximum Gasteiger partial charge on any atom is 0.407 e. The number of likely N-dealkylation sites (tertiary alicyclic amines) is 1. The van der Waals surface area contributed by atoms with Crippen molar-refractivity contribution in [1.82, 2.24) is 19.9 Å². The number of amides is 1. The number of nitrogens with zero attached hydrogens (tertiary/aromatic N) is 3. The van der Waals surface area contributed by atoms with Crippen molar-refractivity contribution in [2.75, 3.05) is 19.7 Å². The van der Waals surface area contributed by atoms with Gasteiger partial charge in [0, 0.05) is 31.8 Å². The van der Waals surface area contributed by atoms with Gasteiger partial charge in [0.25, 0.3) is 0 Å². The lowest BCUT2D eigenvalue weighted by Crippen LogP contribution is -2.36. The van der Waals surface area contributed by atoms with E-state index in [0.717, 1.165) is 49.3 Å². The average Bonchev–Trinajstić information content (AvgIpc) is 3.05. The van der Waals surface area contributed by atoms with Gasteiger partial charge >= 0.3 is 6.09 Å². The molecular weight excluding hydrogens is 332 g/mol. The molecule has 2 saturated heterocycles. The van der Waals surface area contributed by atoms with Crippen molar-refractivity contribution < 1.29 is 14.6 Å². The molecule has 2 aromatic heterocycles. The number of hydrogen-bond donors (Lipinski definition) is 2. The Bertz CT molecular complexity index is 808. The Hall–Kier alpha value is -2.15. The predicted octanol–water partition coefficient (Wildman–Crippen LogP) is 3.49. The number of aromatic amines is 1. The lowest BCUT2D eigenvalue weighted by molar-refractivity contribution is -0.0602. The molecule has 26 heavy (non-hydrogen) atoms. The second kappa shape index (κ2) is 6.54. The van der Waals surface area contributed by atoms with E-state index < -0.39 is 6.09 Å². The SMILES string of the molecule is CC1(C)C[C@@H](c2nc3c(C4CCN(C(=O)O)CC4)ccnc3[nH]2)CCO1. The van der Waals surface area contributed by atoms with E-state index in [9.17, 15) is 4.79 Å². The van der Waals surface area contributed by atoms with Crippen LogP contribution in [-0.4, -0.2) is 56.3 Å². The summed E-state index contributed by atoms with van der Waals surface area (Å²) in [6, 6.07) is 2.04. The van der Waals surface area contributed by atoms with Crippen molar-refractivity contribution in [3.8, 4) is 0 Å². The molecule has 2 aliphatic rings. The van der Waals surface area contributed by atoms with Gasteiger partial charge in [-0.3, -0.25) is 0 Å². The van der Waals surface area contributed by atoms with Gasteiger partial charge < -0.3 is 19.7 Å². The van der Waals surface area contributed by atoms with E-state index in [1.807, 2.05) is 12.3 Å². The Morgan fingerprint density at radius 1 is 1.31 bits per heavy atom. The van der Waals surface area contributed by atoms with Crippen LogP contribution in [-0.2, 0) is 4.74 Å². The lowest BCUT2D eigenvalue weighted by atomic mass is 9.88. The Labute approximate surface area is 152 Å². The van der Waals surface area contributed by atoms with Crippen LogP contribution in [0.25, 0.3) is 11.2 Å². The first-order chi connectivity index (χ1) is 12.4. The molecule has 0 spiro atoms. The van der Waals surface area contributed by atoms with Crippen LogP contribution in [0.1, 0.15) is 62.8 Å². The molecular formula is C19H26N4O3. The first-order valence-corrected chi connectivity index (χ1v) is 9.39. The highest BCUT2D eigenvalue weighted by atomic mass is 16.5. The minimum Gasteiger partial charge on any atom is -0.465 e. The van der Waals surface area contributed by atoms with E-state index in [0.29, 0.717) is 24.9 Å². The summed E-state index contributed by atoms with van der Waals surface area (Å²) >= 11 is 0. The number of fused-ring (bicyclic) bond motifs is 1. The highest BCUT2D eigenvalue weighted by Crippen LogP contribution is 2.37. The smallest absolute Gasteiger partial charge is 0.407 e. The quantitative estimate of drug-likeness (QED) is 0.857. The average molecular weight is 358 g/mol. The zero-order valence-electron chi connectivity index (χ0n) is 15.4. The number of carbonyl (C=O) groups is 1. The van der Waals surface area contributed by atoms with Crippen molar-refractivity contribution in [2.24, 2.45) is 0 Å². The number of aromatic nitrogens is 3. The van der Waals surface area contributed by atoms with E-state index in [-0.39, 0.29) is 5.60 Å². The number of pyridine rings is 1. The maximum atomic E-state index is 11.1. The third kappa shape index (κ3) is 3.28. The number of imidazole rings is 1. The summed E-state index contributed by atoms with van der Waals surface area (Å²) in [5.41, 5.74) is 2.85. The molecule has 0 aromatic carbocycles. The Morgan fingerprint density at radius 3 is 2.77 bits per heavy atom. The van der Waals surface area contributed by atoms with Crippen LogP contribution in [0, 0.1) is 0 Å². The van der Waals surface area contributed by atoms with E-state index in [2.05, 4.69) is 23.8 Å². The van der Waals surface area contributed by atoms with Crippen molar-refractivity contribution >= 4 is 17.3 Å². The van der Waals surface area contributed by atoms with Gasteiger partial charge in [0.05, 0.1) is 5.60 Å². The standard InChI is InChI=1S/C19H26N4O3/c1-19(2)11-13(6-10-26-19)16-21-15-14(3-7-20-17(15)22-16)12-4-8-23(9-5-12)18(24)25/h3,7,12-13H,4-6,8-11H2,1-2H3,(H,24,25)(H,20,21,22)/t13-/m0/s1. The molecule has 0 bridgehead atoms. The van der Waals surface area contributed by atoms with Crippen LogP contribution < -0.4 is 0 Å². The zero-order chi connectivity index (χ0) is 18.3. The Balaban J connectivity index is 1.59. The van der Waals surface area contributed by atoms with Crippen molar-refractivity contribution in [3.63, 3.8) is 0 Å². The first kappa shape index (κ1) is 17.3. The van der Waals surface area contributed by atoms with E-state index in [1.54, 1.807) is 0 Å². The molecule has 2 N–H and O–H groups in total. The minimum absolute atomic E-state index is 0.123. The van der Waals surface area contributed by atoms with Gasteiger partial charge in [0.2, 0.25) is 0 Å². The van der Waals surface area contributed by atoms with E-state index in [4.69, 9.17) is 14.8 Å². The van der Waals surface area contributed by atoms with Gasteiger partial charge in [0.15, 0.2) is 5.65 Å². The van der Waals surface area contributed by atoms with Gasteiger partial charge in [0.1, 0.15) is 11.3 Å². The molecule has 4 heterocycles. The van der Waals surface area contributed by atoms with Crippen LogP contribution in [0.15, 0.2) is 12.3 Å². The van der Waals surface area contributed by atoms with E-state index >= 15 is 0 Å². The molecule has 1 atom stereocenters. The summed E-state index contributed by atoms with van der Waals surface area (Å²) in [6.07, 6.45) is 4.58. The Kier molecular flexibility index (Phi) is 4.34. The van der Waals surface area contributed by atoms with Gasteiger partial charge in [-0.1, -0.05) is 0 Å². The highest BCUT2D eigenvalue weighted by molar-refractivity contribution is 5.75. The normalized spacial score (nSPS) is 24.1. The van der Waals surface area contributed by atoms with Gasteiger partial charge in [-0.2, -0.15) is 0 Å². The number of hydrogen-bond acceptors (Lipinski definition) is 4. The highest BCUT2D eigenvalue weighted by Gasteiger charge is 2.32. The maximum absolute atomic E-state index is 11.1. The molecule has 7 heteroatoms. The molecule has 4 rings (SSSR count). The third-order valence-corrected chi connectivity index (χ3v) is 5.72. The Morgan fingerprint density at radius 2 is 2.08 bits per heavy atom.